The van der Waals surface area contributed by atoms with Crippen LogP contribution in [0.4, 0.5) is 0 Å². The minimum atomic E-state index is 0.278. The number of ether oxygens (including phenoxy) is 1. The lowest BCUT2D eigenvalue weighted by atomic mass is 9.93. The SMILES string of the molecule is CC(C)(C)CN(Cc1ccccc1Oc1ccccc1)C1CCNCC1. The molecule has 3 nitrogen and oxygen atoms in total. The molecule has 2 aromatic carbocycles. The van der Waals surface area contributed by atoms with E-state index < -0.39 is 0 Å². The average molecular weight is 353 g/mol. The lowest BCUT2D eigenvalue weighted by molar-refractivity contribution is 0.107. The second kappa shape index (κ2) is 8.70. The van der Waals surface area contributed by atoms with Gasteiger partial charge in [-0.3, -0.25) is 4.90 Å². The van der Waals surface area contributed by atoms with E-state index in [9.17, 15) is 0 Å². The zero-order chi connectivity index (χ0) is 18.4. The van der Waals surface area contributed by atoms with Crippen molar-refractivity contribution in [2.45, 2.75) is 46.2 Å². The first-order valence-corrected chi connectivity index (χ1v) is 9.77. The minimum absolute atomic E-state index is 0.278. The predicted octanol–water partition coefficient (Wildman–Crippen LogP) is 5.08. The van der Waals surface area contributed by atoms with Gasteiger partial charge in [-0.05, 0) is 49.5 Å². The number of para-hydroxylation sites is 2. The molecule has 1 saturated heterocycles. The third-order valence-electron chi connectivity index (χ3n) is 4.82. The Bertz CT molecular complexity index is 672. The molecule has 3 heteroatoms. The van der Waals surface area contributed by atoms with Gasteiger partial charge in [-0.1, -0.05) is 57.2 Å². The fourth-order valence-electron chi connectivity index (χ4n) is 3.66. The molecule has 140 valence electrons. The van der Waals surface area contributed by atoms with Gasteiger partial charge in [0.2, 0.25) is 0 Å². The van der Waals surface area contributed by atoms with Crippen molar-refractivity contribution in [3.05, 3.63) is 60.2 Å². The average Bonchev–Trinajstić information content (AvgIpc) is 2.63. The summed E-state index contributed by atoms with van der Waals surface area (Å²) in [5, 5.41) is 3.49. The first-order valence-electron chi connectivity index (χ1n) is 9.77. The lowest BCUT2D eigenvalue weighted by Crippen LogP contribution is -2.45. The molecule has 0 amide bonds. The number of benzene rings is 2. The zero-order valence-corrected chi connectivity index (χ0v) is 16.4. The van der Waals surface area contributed by atoms with Gasteiger partial charge in [0.05, 0.1) is 0 Å². The summed E-state index contributed by atoms with van der Waals surface area (Å²) in [5.74, 6) is 1.86. The fraction of sp³-hybridized carbons (Fsp3) is 0.478. The molecule has 0 saturated carbocycles. The van der Waals surface area contributed by atoms with E-state index in [1.54, 1.807) is 0 Å². The highest BCUT2D eigenvalue weighted by Crippen LogP contribution is 2.29. The van der Waals surface area contributed by atoms with Gasteiger partial charge in [0.1, 0.15) is 11.5 Å². The Morgan fingerprint density at radius 1 is 0.962 bits per heavy atom. The van der Waals surface area contributed by atoms with Crippen LogP contribution in [-0.4, -0.2) is 30.6 Å². The summed E-state index contributed by atoms with van der Waals surface area (Å²) in [6.45, 7) is 11.2. The Morgan fingerprint density at radius 2 is 1.62 bits per heavy atom. The van der Waals surface area contributed by atoms with Crippen molar-refractivity contribution in [2.75, 3.05) is 19.6 Å². The molecule has 0 aromatic heterocycles. The van der Waals surface area contributed by atoms with Crippen LogP contribution >= 0.6 is 0 Å². The molecular formula is C23H32N2O. The molecule has 1 fully saturated rings. The molecule has 2 aromatic rings. The summed E-state index contributed by atoms with van der Waals surface area (Å²) in [5.41, 5.74) is 1.54. The molecule has 0 unspecified atom stereocenters. The van der Waals surface area contributed by atoms with Crippen molar-refractivity contribution in [3.8, 4) is 11.5 Å². The van der Waals surface area contributed by atoms with Gasteiger partial charge in [0.15, 0.2) is 0 Å². The van der Waals surface area contributed by atoms with Crippen LogP contribution in [0.15, 0.2) is 54.6 Å². The van der Waals surface area contributed by atoms with E-state index in [1.165, 1.54) is 18.4 Å². The number of nitrogens with one attached hydrogen (secondary N) is 1. The topological polar surface area (TPSA) is 24.5 Å². The van der Waals surface area contributed by atoms with Crippen LogP contribution in [0.25, 0.3) is 0 Å². The van der Waals surface area contributed by atoms with E-state index in [4.69, 9.17) is 4.74 Å². The smallest absolute Gasteiger partial charge is 0.131 e. The van der Waals surface area contributed by atoms with Crippen molar-refractivity contribution in [1.82, 2.24) is 10.2 Å². The van der Waals surface area contributed by atoms with Crippen LogP contribution in [0, 0.1) is 5.41 Å². The molecular weight excluding hydrogens is 320 g/mol. The standard InChI is InChI=1S/C23H32N2O/c1-23(2,3)18-25(20-13-15-24-16-14-20)17-19-9-7-8-12-22(19)26-21-10-5-4-6-11-21/h4-12,20,24H,13-18H2,1-3H3. The number of piperidine rings is 1. The van der Waals surface area contributed by atoms with E-state index >= 15 is 0 Å². The van der Waals surface area contributed by atoms with Crippen LogP contribution in [-0.2, 0) is 6.54 Å². The van der Waals surface area contributed by atoms with Crippen molar-refractivity contribution in [2.24, 2.45) is 5.41 Å². The second-order valence-electron chi connectivity index (χ2n) is 8.47. The van der Waals surface area contributed by atoms with E-state index in [2.05, 4.69) is 55.3 Å². The van der Waals surface area contributed by atoms with Crippen molar-refractivity contribution in [1.29, 1.82) is 0 Å². The highest BCUT2D eigenvalue weighted by molar-refractivity contribution is 5.37. The van der Waals surface area contributed by atoms with Gasteiger partial charge in [-0.2, -0.15) is 0 Å². The maximum absolute atomic E-state index is 6.19. The molecule has 0 spiro atoms. The second-order valence-corrected chi connectivity index (χ2v) is 8.47. The van der Waals surface area contributed by atoms with E-state index in [0.717, 1.165) is 37.7 Å². The van der Waals surface area contributed by atoms with E-state index in [-0.39, 0.29) is 5.41 Å². The summed E-state index contributed by atoms with van der Waals surface area (Å²) in [4.78, 5) is 2.66. The van der Waals surface area contributed by atoms with Gasteiger partial charge < -0.3 is 10.1 Å². The monoisotopic (exact) mass is 352 g/mol. The Kier molecular flexibility index (Phi) is 6.33. The Labute approximate surface area is 158 Å². The van der Waals surface area contributed by atoms with Crippen molar-refractivity contribution < 1.29 is 4.74 Å². The summed E-state index contributed by atoms with van der Waals surface area (Å²) in [7, 11) is 0. The number of hydrogen-bond acceptors (Lipinski definition) is 3. The summed E-state index contributed by atoms with van der Waals surface area (Å²) >= 11 is 0. The maximum Gasteiger partial charge on any atom is 0.131 e. The molecule has 3 rings (SSSR count). The van der Waals surface area contributed by atoms with Gasteiger partial charge >= 0.3 is 0 Å². The molecule has 1 aliphatic rings. The quantitative estimate of drug-likeness (QED) is 0.785. The van der Waals surface area contributed by atoms with Crippen LogP contribution in [0.2, 0.25) is 0 Å². The van der Waals surface area contributed by atoms with Crippen LogP contribution in [0.3, 0.4) is 0 Å². The first kappa shape index (κ1) is 18.9. The van der Waals surface area contributed by atoms with Crippen LogP contribution < -0.4 is 10.1 Å². The maximum atomic E-state index is 6.19. The van der Waals surface area contributed by atoms with Gasteiger partial charge in [-0.25, -0.2) is 0 Å². The summed E-state index contributed by atoms with van der Waals surface area (Å²) in [6.07, 6.45) is 2.44. The molecule has 1 heterocycles. The lowest BCUT2D eigenvalue weighted by Gasteiger charge is -2.38. The number of hydrogen-bond donors (Lipinski definition) is 1. The predicted molar refractivity (Wildman–Crippen MR) is 109 cm³/mol. The van der Waals surface area contributed by atoms with E-state index in [1.807, 2.05) is 30.3 Å². The molecule has 0 aliphatic carbocycles. The Hall–Kier alpha value is -1.84. The zero-order valence-electron chi connectivity index (χ0n) is 16.4. The molecule has 1 aliphatic heterocycles. The highest BCUT2D eigenvalue weighted by atomic mass is 16.5. The van der Waals surface area contributed by atoms with Crippen molar-refractivity contribution >= 4 is 0 Å². The van der Waals surface area contributed by atoms with Crippen molar-refractivity contribution in [3.63, 3.8) is 0 Å². The Balaban J connectivity index is 1.79. The third kappa shape index (κ3) is 5.58. The third-order valence-corrected chi connectivity index (χ3v) is 4.82. The minimum Gasteiger partial charge on any atom is -0.457 e. The summed E-state index contributed by atoms with van der Waals surface area (Å²) in [6, 6.07) is 19.2. The van der Waals surface area contributed by atoms with Crippen LogP contribution in [0.1, 0.15) is 39.2 Å². The molecule has 0 atom stereocenters. The first-order chi connectivity index (χ1) is 12.5. The molecule has 26 heavy (non-hydrogen) atoms. The fourth-order valence-corrected chi connectivity index (χ4v) is 3.66. The summed E-state index contributed by atoms with van der Waals surface area (Å²) < 4.78 is 6.19. The largest absolute Gasteiger partial charge is 0.457 e. The number of rotatable bonds is 6. The molecule has 0 bridgehead atoms. The van der Waals surface area contributed by atoms with Gasteiger partial charge in [-0.15, -0.1) is 0 Å². The van der Waals surface area contributed by atoms with Gasteiger partial charge in [0, 0.05) is 24.7 Å². The van der Waals surface area contributed by atoms with Gasteiger partial charge in [0.25, 0.3) is 0 Å². The molecule has 1 N–H and O–H groups in total. The van der Waals surface area contributed by atoms with E-state index in [0.29, 0.717) is 6.04 Å². The number of nitrogens with zero attached hydrogens (tertiary/aromatic N) is 1. The van der Waals surface area contributed by atoms with Crippen LogP contribution in [0.5, 0.6) is 11.5 Å². The molecule has 0 radical (unpaired) electrons. The highest BCUT2D eigenvalue weighted by Gasteiger charge is 2.26. The normalized spacial score (nSPS) is 16.0. The Morgan fingerprint density at radius 3 is 2.31 bits per heavy atom.